The summed E-state index contributed by atoms with van der Waals surface area (Å²) >= 11 is 3.16. The van der Waals surface area contributed by atoms with Crippen molar-refractivity contribution in [1.29, 1.82) is 0 Å². The van der Waals surface area contributed by atoms with Gasteiger partial charge in [0.05, 0.1) is 0 Å². The van der Waals surface area contributed by atoms with Gasteiger partial charge in [0.25, 0.3) is 11.1 Å². The van der Waals surface area contributed by atoms with E-state index in [1.807, 2.05) is 32.0 Å². The van der Waals surface area contributed by atoms with Gasteiger partial charge in [-0.15, -0.1) is 22.0 Å². The van der Waals surface area contributed by atoms with Crippen LogP contribution in [0.3, 0.4) is 0 Å². The predicted octanol–water partition coefficient (Wildman–Crippen LogP) is 5.29. The van der Waals surface area contributed by atoms with E-state index in [1.165, 1.54) is 23.9 Å². The largest absolute Gasteiger partial charge is 0.484 e. The normalized spacial score (nSPS) is 10.9. The summed E-state index contributed by atoms with van der Waals surface area (Å²) in [6.45, 7) is 4.28. The van der Waals surface area contributed by atoms with Crippen molar-refractivity contribution < 1.29 is 13.5 Å². The maximum Gasteiger partial charge on any atom is 0.276 e. The third-order valence-electron chi connectivity index (χ3n) is 3.53. The molecular weight excluding hydrogens is 371 g/mol. The molecule has 136 valence electrons. The van der Waals surface area contributed by atoms with Gasteiger partial charge in [0.15, 0.2) is 6.61 Å². The molecule has 0 fully saturated rings. The number of rotatable bonds is 8. The Morgan fingerprint density at radius 3 is 2.58 bits per heavy atom. The Morgan fingerprint density at radius 1 is 1.00 bits per heavy atom. The van der Waals surface area contributed by atoms with E-state index in [2.05, 4.69) is 10.2 Å². The topological polar surface area (TPSA) is 48.2 Å². The van der Waals surface area contributed by atoms with Gasteiger partial charge in [-0.2, -0.15) is 0 Å². The summed E-state index contributed by atoms with van der Waals surface area (Å²) in [4.78, 5) is 1.04. The molecule has 3 rings (SSSR count). The molecular formula is C19H19FN2O2S2. The van der Waals surface area contributed by atoms with Crippen molar-refractivity contribution in [1.82, 2.24) is 10.2 Å². The van der Waals surface area contributed by atoms with E-state index in [0.29, 0.717) is 11.1 Å². The third-order valence-corrected chi connectivity index (χ3v) is 5.63. The van der Waals surface area contributed by atoms with Crippen LogP contribution < -0.4 is 4.74 Å². The van der Waals surface area contributed by atoms with Gasteiger partial charge in [-0.1, -0.05) is 23.9 Å². The second kappa shape index (κ2) is 9.09. The highest BCUT2D eigenvalue weighted by Gasteiger charge is 2.09. The van der Waals surface area contributed by atoms with E-state index in [0.717, 1.165) is 33.3 Å². The van der Waals surface area contributed by atoms with Crippen molar-refractivity contribution in [3.05, 3.63) is 65.3 Å². The van der Waals surface area contributed by atoms with Gasteiger partial charge < -0.3 is 9.15 Å². The zero-order valence-electron chi connectivity index (χ0n) is 14.6. The zero-order chi connectivity index (χ0) is 18.4. The Hall–Kier alpha value is -1.99. The average Bonchev–Trinajstić information content (AvgIpc) is 3.09. The van der Waals surface area contributed by atoms with Crippen LogP contribution >= 0.6 is 23.5 Å². The monoisotopic (exact) mass is 390 g/mol. The number of aromatic nitrogens is 2. The number of hydrogen-bond acceptors (Lipinski definition) is 6. The molecule has 4 nitrogen and oxygen atoms in total. The number of nitrogens with zero attached hydrogens (tertiary/aromatic N) is 2. The van der Waals surface area contributed by atoms with Crippen molar-refractivity contribution in [3.63, 3.8) is 0 Å². The fourth-order valence-electron chi connectivity index (χ4n) is 2.18. The molecule has 0 N–H and O–H groups in total. The lowest BCUT2D eigenvalue weighted by Gasteiger charge is -2.07. The van der Waals surface area contributed by atoms with E-state index >= 15 is 0 Å². The van der Waals surface area contributed by atoms with Crippen LogP contribution in [0.25, 0.3) is 0 Å². The first-order valence-electron chi connectivity index (χ1n) is 8.14. The minimum atomic E-state index is -0.217. The van der Waals surface area contributed by atoms with Crippen molar-refractivity contribution in [2.24, 2.45) is 0 Å². The average molecular weight is 391 g/mol. The van der Waals surface area contributed by atoms with E-state index in [-0.39, 0.29) is 12.4 Å². The van der Waals surface area contributed by atoms with Crippen LogP contribution in [-0.4, -0.2) is 21.7 Å². The van der Waals surface area contributed by atoms with Crippen LogP contribution in [0.5, 0.6) is 5.75 Å². The number of benzene rings is 2. The summed E-state index contributed by atoms with van der Waals surface area (Å²) in [6.07, 6.45) is 0. The minimum absolute atomic E-state index is 0.217. The van der Waals surface area contributed by atoms with Crippen LogP contribution in [0.1, 0.15) is 17.0 Å². The van der Waals surface area contributed by atoms with Gasteiger partial charge in [0.2, 0.25) is 0 Å². The Balaban J connectivity index is 1.43. The van der Waals surface area contributed by atoms with Gasteiger partial charge in [0.1, 0.15) is 11.6 Å². The van der Waals surface area contributed by atoms with Crippen LogP contribution in [0, 0.1) is 19.7 Å². The van der Waals surface area contributed by atoms with Gasteiger partial charge in [0, 0.05) is 16.4 Å². The second-order valence-corrected chi connectivity index (χ2v) is 7.88. The minimum Gasteiger partial charge on any atom is -0.484 e. The molecule has 0 saturated heterocycles. The molecule has 0 aliphatic carbocycles. The molecule has 0 spiro atoms. The highest BCUT2D eigenvalue weighted by Crippen LogP contribution is 2.24. The number of aryl methyl sites for hydroxylation is 2. The fourth-order valence-corrected chi connectivity index (χ4v) is 3.84. The molecule has 7 heteroatoms. The Bertz CT molecular complexity index is 853. The SMILES string of the molecule is Cc1ccc(C)c(OCc2nnc(SCCSc3ccc(F)cc3)o2)c1. The summed E-state index contributed by atoms with van der Waals surface area (Å²) in [7, 11) is 0. The summed E-state index contributed by atoms with van der Waals surface area (Å²) in [5.74, 6) is 2.76. The first kappa shape index (κ1) is 18.8. The summed E-state index contributed by atoms with van der Waals surface area (Å²) < 4.78 is 24.2. The lowest BCUT2D eigenvalue weighted by Crippen LogP contribution is -1.97. The summed E-state index contributed by atoms with van der Waals surface area (Å²) in [5.41, 5.74) is 2.22. The first-order chi connectivity index (χ1) is 12.6. The molecule has 0 radical (unpaired) electrons. The summed E-state index contributed by atoms with van der Waals surface area (Å²) in [6, 6.07) is 12.6. The van der Waals surface area contributed by atoms with Crippen LogP contribution in [0.15, 0.2) is 57.0 Å². The van der Waals surface area contributed by atoms with Crippen LogP contribution in [-0.2, 0) is 6.61 Å². The molecule has 26 heavy (non-hydrogen) atoms. The predicted molar refractivity (Wildman–Crippen MR) is 102 cm³/mol. The molecule has 0 aliphatic rings. The van der Waals surface area contributed by atoms with E-state index in [4.69, 9.17) is 9.15 Å². The Labute approximate surface area is 160 Å². The molecule has 0 bridgehead atoms. The number of thioether (sulfide) groups is 2. The molecule has 3 aromatic rings. The standard InChI is InChI=1S/C19H19FN2O2S2/c1-13-3-4-14(2)17(11-13)23-12-18-21-22-19(24-18)26-10-9-25-16-7-5-15(20)6-8-16/h3-8,11H,9-10,12H2,1-2H3. The van der Waals surface area contributed by atoms with Crippen molar-refractivity contribution in [2.45, 2.75) is 30.6 Å². The fraction of sp³-hybridized carbons (Fsp3) is 0.263. The van der Waals surface area contributed by atoms with E-state index < -0.39 is 0 Å². The maximum absolute atomic E-state index is 12.9. The number of halogens is 1. The van der Waals surface area contributed by atoms with Gasteiger partial charge in [-0.25, -0.2) is 4.39 Å². The van der Waals surface area contributed by atoms with Gasteiger partial charge >= 0.3 is 0 Å². The first-order valence-corrected chi connectivity index (χ1v) is 10.1. The second-order valence-electron chi connectivity index (χ2n) is 5.67. The zero-order valence-corrected chi connectivity index (χ0v) is 16.2. The van der Waals surface area contributed by atoms with E-state index in [1.54, 1.807) is 23.9 Å². The number of hydrogen-bond donors (Lipinski definition) is 0. The molecule has 2 aromatic carbocycles. The highest BCUT2D eigenvalue weighted by atomic mass is 32.2. The number of ether oxygens (including phenoxy) is 1. The molecule has 0 atom stereocenters. The van der Waals surface area contributed by atoms with Crippen LogP contribution in [0.2, 0.25) is 0 Å². The Kier molecular flexibility index (Phi) is 6.57. The van der Waals surface area contributed by atoms with Gasteiger partial charge in [-0.3, -0.25) is 0 Å². The molecule has 0 saturated carbocycles. The lowest BCUT2D eigenvalue weighted by molar-refractivity contribution is 0.250. The molecule has 0 amide bonds. The quantitative estimate of drug-likeness (QED) is 0.385. The Morgan fingerprint density at radius 2 is 1.77 bits per heavy atom. The summed E-state index contributed by atoms with van der Waals surface area (Å²) in [5, 5.41) is 8.58. The molecule has 0 unspecified atom stereocenters. The molecule has 0 aliphatic heterocycles. The molecule has 1 heterocycles. The van der Waals surface area contributed by atoms with Crippen molar-refractivity contribution in [3.8, 4) is 5.75 Å². The highest BCUT2D eigenvalue weighted by molar-refractivity contribution is 8.02. The smallest absolute Gasteiger partial charge is 0.276 e. The van der Waals surface area contributed by atoms with Crippen molar-refractivity contribution in [2.75, 3.05) is 11.5 Å². The van der Waals surface area contributed by atoms with Crippen molar-refractivity contribution >= 4 is 23.5 Å². The lowest BCUT2D eigenvalue weighted by atomic mass is 10.1. The third kappa shape index (κ3) is 5.51. The maximum atomic E-state index is 12.9. The van der Waals surface area contributed by atoms with Crippen LogP contribution in [0.4, 0.5) is 4.39 Å². The molecule has 1 aromatic heterocycles. The van der Waals surface area contributed by atoms with Gasteiger partial charge in [-0.05, 0) is 55.3 Å². The van der Waals surface area contributed by atoms with E-state index in [9.17, 15) is 4.39 Å².